The van der Waals surface area contributed by atoms with Gasteiger partial charge in [-0.15, -0.1) is 0 Å². The largest absolute Gasteiger partial charge is 0.396 e. The Kier molecular flexibility index (Phi) is 6.86. The Bertz CT molecular complexity index is 315. The lowest BCUT2D eigenvalue weighted by atomic mass is 10.1. The number of rotatable bonds is 8. The van der Waals surface area contributed by atoms with Gasteiger partial charge in [0.05, 0.1) is 0 Å². The predicted molar refractivity (Wildman–Crippen MR) is 71.6 cm³/mol. The molecule has 1 rings (SSSR count). The van der Waals surface area contributed by atoms with Crippen molar-refractivity contribution in [3.63, 3.8) is 0 Å². The van der Waals surface area contributed by atoms with Crippen LogP contribution in [-0.4, -0.2) is 29.7 Å². The van der Waals surface area contributed by atoms with Gasteiger partial charge in [-0.25, -0.2) is 0 Å². The fraction of sp³-hybridized carbons (Fsp3) is 0.571. The second kappa shape index (κ2) is 8.23. The van der Waals surface area contributed by atoms with Gasteiger partial charge in [-0.2, -0.15) is 0 Å². The standard InChI is InChI=1S/C14H24N2O/c1-2-16(9-5-6-10-17)12-14-8-4-3-7-13(14)11-15/h3-4,7-8,17H,2,5-6,9-12,15H2,1H3. The first-order valence-electron chi connectivity index (χ1n) is 6.41. The van der Waals surface area contributed by atoms with Crippen LogP contribution in [0.1, 0.15) is 30.9 Å². The van der Waals surface area contributed by atoms with Crippen molar-refractivity contribution in [2.45, 2.75) is 32.9 Å². The molecule has 0 radical (unpaired) electrons. The number of hydrogen-bond acceptors (Lipinski definition) is 3. The maximum Gasteiger partial charge on any atom is 0.0431 e. The lowest BCUT2D eigenvalue weighted by Gasteiger charge is -2.21. The Hall–Kier alpha value is -0.900. The molecule has 0 bridgehead atoms. The molecule has 0 unspecified atom stereocenters. The Labute approximate surface area is 104 Å². The quantitative estimate of drug-likeness (QED) is 0.676. The highest BCUT2D eigenvalue weighted by Gasteiger charge is 2.06. The van der Waals surface area contributed by atoms with E-state index in [2.05, 4.69) is 30.0 Å². The molecule has 17 heavy (non-hydrogen) atoms. The molecule has 0 aliphatic carbocycles. The zero-order valence-electron chi connectivity index (χ0n) is 10.7. The van der Waals surface area contributed by atoms with Crippen LogP contribution < -0.4 is 5.73 Å². The molecular weight excluding hydrogens is 212 g/mol. The van der Waals surface area contributed by atoms with Gasteiger partial charge < -0.3 is 10.8 Å². The van der Waals surface area contributed by atoms with Crippen molar-refractivity contribution in [1.82, 2.24) is 4.90 Å². The molecular formula is C14H24N2O. The molecule has 3 nitrogen and oxygen atoms in total. The number of aliphatic hydroxyl groups is 1. The van der Waals surface area contributed by atoms with E-state index in [-0.39, 0.29) is 6.61 Å². The summed E-state index contributed by atoms with van der Waals surface area (Å²) in [6.07, 6.45) is 1.93. The molecule has 0 amide bonds. The SMILES string of the molecule is CCN(CCCCO)Cc1ccccc1CN. The van der Waals surface area contributed by atoms with Crippen LogP contribution in [-0.2, 0) is 13.1 Å². The fourth-order valence-corrected chi connectivity index (χ4v) is 1.95. The zero-order valence-corrected chi connectivity index (χ0v) is 10.7. The molecule has 1 aromatic rings. The van der Waals surface area contributed by atoms with E-state index in [1.165, 1.54) is 11.1 Å². The third kappa shape index (κ3) is 4.86. The van der Waals surface area contributed by atoms with Gasteiger partial charge in [0, 0.05) is 19.7 Å². The minimum Gasteiger partial charge on any atom is -0.396 e. The summed E-state index contributed by atoms with van der Waals surface area (Å²) in [7, 11) is 0. The molecule has 0 heterocycles. The van der Waals surface area contributed by atoms with E-state index < -0.39 is 0 Å². The minimum atomic E-state index is 0.289. The maximum atomic E-state index is 8.79. The van der Waals surface area contributed by atoms with E-state index in [0.29, 0.717) is 6.54 Å². The van der Waals surface area contributed by atoms with Crippen LogP contribution >= 0.6 is 0 Å². The number of nitrogens with zero attached hydrogens (tertiary/aromatic N) is 1. The van der Waals surface area contributed by atoms with Crippen molar-refractivity contribution in [1.29, 1.82) is 0 Å². The second-order valence-electron chi connectivity index (χ2n) is 4.27. The summed E-state index contributed by atoms with van der Waals surface area (Å²) < 4.78 is 0. The van der Waals surface area contributed by atoms with Gasteiger partial charge >= 0.3 is 0 Å². The number of benzene rings is 1. The van der Waals surface area contributed by atoms with Crippen LogP contribution in [0, 0.1) is 0 Å². The molecule has 0 atom stereocenters. The highest BCUT2D eigenvalue weighted by atomic mass is 16.2. The Morgan fingerprint density at radius 2 is 1.88 bits per heavy atom. The summed E-state index contributed by atoms with van der Waals surface area (Å²) in [5.41, 5.74) is 8.29. The molecule has 0 aliphatic heterocycles. The van der Waals surface area contributed by atoms with E-state index in [0.717, 1.165) is 32.5 Å². The molecule has 96 valence electrons. The van der Waals surface area contributed by atoms with Gasteiger partial charge in [0.1, 0.15) is 0 Å². The summed E-state index contributed by atoms with van der Waals surface area (Å²) in [5, 5.41) is 8.79. The molecule has 3 heteroatoms. The van der Waals surface area contributed by atoms with Crippen molar-refractivity contribution < 1.29 is 5.11 Å². The number of aliphatic hydroxyl groups excluding tert-OH is 1. The monoisotopic (exact) mass is 236 g/mol. The summed E-state index contributed by atoms with van der Waals surface area (Å²) in [6, 6.07) is 8.34. The van der Waals surface area contributed by atoms with Crippen LogP contribution in [0.4, 0.5) is 0 Å². The van der Waals surface area contributed by atoms with Crippen LogP contribution in [0.5, 0.6) is 0 Å². The Morgan fingerprint density at radius 3 is 2.47 bits per heavy atom. The lowest BCUT2D eigenvalue weighted by molar-refractivity contribution is 0.243. The van der Waals surface area contributed by atoms with E-state index in [4.69, 9.17) is 10.8 Å². The van der Waals surface area contributed by atoms with Crippen molar-refractivity contribution in [2.24, 2.45) is 5.73 Å². The normalized spacial score (nSPS) is 11.1. The minimum absolute atomic E-state index is 0.289. The third-order valence-electron chi connectivity index (χ3n) is 3.06. The highest BCUT2D eigenvalue weighted by Crippen LogP contribution is 2.11. The summed E-state index contributed by atoms with van der Waals surface area (Å²) >= 11 is 0. The molecule has 1 aromatic carbocycles. The van der Waals surface area contributed by atoms with Crippen molar-refractivity contribution >= 4 is 0 Å². The molecule has 0 aromatic heterocycles. The first-order valence-corrected chi connectivity index (χ1v) is 6.41. The van der Waals surface area contributed by atoms with Crippen molar-refractivity contribution in [3.05, 3.63) is 35.4 Å². The predicted octanol–water partition coefficient (Wildman–Crippen LogP) is 1.74. The fourth-order valence-electron chi connectivity index (χ4n) is 1.95. The molecule has 3 N–H and O–H groups in total. The smallest absolute Gasteiger partial charge is 0.0431 e. The lowest BCUT2D eigenvalue weighted by Crippen LogP contribution is -2.25. The van der Waals surface area contributed by atoms with Crippen LogP contribution in [0.25, 0.3) is 0 Å². The topological polar surface area (TPSA) is 49.5 Å². The molecule has 0 fully saturated rings. The second-order valence-corrected chi connectivity index (χ2v) is 4.27. The van der Waals surface area contributed by atoms with E-state index in [1.807, 2.05) is 6.07 Å². The van der Waals surface area contributed by atoms with E-state index >= 15 is 0 Å². The van der Waals surface area contributed by atoms with Crippen LogP contribution in [0.3, 0.4) is 0 Å². The first kappa shape index (κ1) is 14.2. The number of nitrogens with two attached hydrogens (primary N) is 1. The maximum absolute atomic E-state index is 8.79. The van der Waals surface area contributed by atoms with Gasteiger partial charge in [-0.1, -0.05) is 31.2 Å². The molecule has 0 saturated heterocycles. The van der Waals surface area contributed by atoms with E-state index in [1.54, 1.807) is 0 Å². The average Bonchev–Trinajstić information content (AvgIpc) is 2.38. The summed E-state index contributed by atoms with van der Waals surface area (Å²) in [5.74, 6) is 0. The molecule has 0 saturated carbocycles. The van der Waals surface area contributed by atoms with Crippen LogP contribution in [0.2, 0.25) is 0 Å². The van der Waals surface area contributed by atoms with Crippen LogP contribution in [0.15, 0.2) is 24.3 Å². The van der Waals surface area contributed by atoms with Gasteiger partial charge in [0.25, 0.3) is 0 Å². The van der Waals surface area contributed by atoms with Crippen molar-refractivity contribution in [3.8, 4) is 0 Å². The van der Waals surface area contributed by atoms with Crippen molar-refractivity contribution in [2.75, 3.05) is 19.7 Å². The van der Waals surface area contributed by atoms with Gasteiger partial charge in [-0.05, 0) is 37.1 Å². The molecule has 0 aliphatic rings. The number of hydrogen-bond donors (Lipinski definition) is 2. The van der Waals surface area contributed by atoms with Gasteiger partial charge in [0.2, 0.25) is 0 Å². The molecule has 0 spiro atoms. The Morgan fingerprint density at radius 1 is 1.18 bits per heavy atom. The van der Waals surface area contributed by atoms with E-state index in [9.17, 15) is 0 Å². The van der Waals surface area contributed by atoms with Gasteiger partial charge in [-0.3, -0.25) is 4.90 Å². The highest BCUT2D eigenvalue weighted by molar-refractivity contribution is 5.26. The Balaban J connectivity index is 2.54. The van der Waals surface area contributed by atoms with Gasteiger partial charge in [0.15, 0.2) is 0 Å². The first-order chi connectivity index (χ1) is 8.31. The third-order valence-corrected chi connectivity index (χ3v) is 3.06. The zero-order chi connectivity index (χ0) is 12.5. The average molecular weight is 236 g/mol. The summed E-state index contributed by atoms with van der Waals surface area (Å²) in [6.45, 7) is 6.08. The summed E-state index contributed by atoms with van der Waals surface area (Å²) in [4.78, 5) is 2.39. The number of unbranched alkanes of at least 4 members (excludes halogenated alkanes) is 1.